The van der Waals surface area contributed by atoms with Crippen LogP contribution >= 0.6 is 0 Å². The van der Waals surface area contributed by atoms with Crippen molar-refractivity contribution < 1.29 is 28.5 Å². The molecule has 208 valence electrons. The molecule has 35 heavy (non-hydrogen) atoms. The summed E-state index contributed by atoms with van der Waals surface area (Å²) >= 11 is 9.26. The summed E-state index contributed by atoms with van der Waals surface area (Å²) in [5.74, 6) is 1.41. The molecule has 0 saturated carbocycles. The molecule has 0 atom stereocenters. The monoisotopic (exact) mass is 644 g/mol. The molecule has 0 aromatic carbocycles. The van der Waals surface area contributed by atoms with Gasteiger partial charge in [-0.15, -0.1) is 0 Å². The van der Waals surface area contributed by atoms with Crippen LogP contribution < -0.4 is 0 Å². The Bertz CT molecular complexity index is 360. The van der Waals surface area contributed by atoms with E-state index in [1.54, 1.807) is 0 Å². The van der Waals surface area contributed by atoms with E-state index in [0.29, 0.717) is 75.8 Å². The second-order valence-electron chi connectivity index (χ2n) is 7.92. The molecule has 0 bridgehead atoms. The average molecular weight is 644 g/mol. The maximum absolute atomic E-state index is 10.8. The van der Waals surface area contributed by atoms with Crippen molar-refractivity contribution in [3.63, 3.8) is 0 Å². The van der Waals surface area contributed by atoms with Gasteiger partial charge in [-0.3, -0.25) is 9.59 Å². The van der Waals surface area contributed by atoms with Gasteiger partial charge in [0, 0.05) is 26.1 Å². The largest absolute Gasteiger partial charge is 2.00 e. The zero-order valence-corrected chi connectivity index (χ0v) is 28.0. The SMILES string of the molecule is CC(C)COCCOC(=O)CC[S-].CC(C)COCCOC(=O)CC[S-].C[CH]CC.C[CH]CC.[Sn+2]. The first kappa shape index (κ1) is 45.3. The Balaban J connectivity index is -0.000000128. The van der Waals surface area contributed by atoms with Crippen LogP contribution in [-0.4, -0.2) is 87.0 Å². The summed E-state index contributed by atoms with van der Waals surface area (Å²) in [4.78, 5) is 21.6. The summed E-state index contributed by atoms with van der Waals surface area (Å²) < 4.78 is 20.1. The van der Waals surface area contributed by atoms with Crippen molar-refractivity contribution in [2.75, 3.05) is 51.1 Å². The van der Waals surface area contributed by atoms with E-state index >= 15 is 0 Å². The van der Waals surface area contributed by atoms with Crippen LogP contribution in [0.2, 0.25) is 0 Å². The predicted octanol–water partition coefficient (Wildman–Crippen LogP) is 5.14. The first-order valence-electron chi connectivity index (χ1n) is 12.3. The van der Waals surface area contributed by atoms with Crippen LogP contribution in [0, 0.1) is 24.7 Å². The molecule has 0 aliphatic heterocycles. The molecule has 0 unspecified atom stereocenters. The number of unbranched alkanes of at least 4 members (excludes halogenated alkanes) is 2. The zero-order valence-electron chi connectivity index (χ0n) is 23.6. The predicted molar refractivity (Wildman–Crippen MR) is 153 cm³/mol. The molecule has 0 aliphatic rings. The molecule has 0 spiro atoms. The second kappa shape index (κ2) is 41.5. The number of carbonyl (C=O) groups excluding carboxylic acids is 2. The van der Waals surface area contributed by atoms with Gasteiger partial charge in [0.2, 0.25) is 0 Å². The smallest absolute Gasteiger partial charge is 0.792 e. The van der Waals surface area contributed by atoms with E-state index in [1.807, 2.05) is 0 Å². The van der Waals surface area contributed by atoms with Crippen molar-refractivity contribution in [1.82, 2.24) is 0 Å². The van der Waals surface area contributed by atoms with Gasteiger partial charge in [0.15, 0.2) is 0 Å². The fraction of sp³-hybridized carbons (Fsp3) is 0.846. The topological polar surface area (TPSA) is 71.1 Å². The normalized spacial score (nSPS) is 9.49. The number of carbonyl (C=O) groups is 2. The van der Waals surface area contributed by atoms with Gasteiger partial charge in [0.25, 0.3) is 0 Å². The summed E-state index contributed by atoms with van der Waals surface area (Å²) in [6.07, 6.45) is 7.28. The Labute approximate surface area is 245 Å². The van der Waals surface area contributed by atoms with Crippen LogP contribution in [-0.2, 0) is 53.8 Å². The van der Waals surface area contributed by atoms with E-state index in [0.717, 1.165) is 0 Å². The van der Waals surface area contributed by atoms with E-state index in [1.165, 1.54) is 12.8 Å². The van der Waals surface area contributed by atoms with Crippen LogP contribution in [0.4, 0.5) is 0 Å². The molecular weight excluding hydrogens is 591 g/mol. The van der Waals surface area contributed by atoms with Gasteiger partial charge in [-0.2, -0.15) is 11.5 Å². The molecule has 0 amide bonds. The third kappa shape index (κ3) is 60.6. The molecule has 0 heterocycles. The molecule has 4 radical (unpaired) electrons. The summed E-state index contributed by atoms with van der Waals surface area (Å²) in [5, 5.41) is 0. The van der Waals surface area contributed by atoms with Gasteiger partial charge in [0.05, 0.1) is 13.2 Å². The molecular formula is C26H52O6S2Sn. The summed E-state index contributed by atoms with van der Waals surface area (Å²) in [6, 6.07) is 0. The van der Waals surface area contributed by atoms with Crippen LogP contribution in [0.5, 0.6) is 0 Å². The van der Waals surface area contributed by atoms with Crippen LogP contribution in [0.15, 0.2) is 0 Å². The first-order valence-corrected chi connectivity index (χ1v) is 13.5. The zero-order chi connectivity index (χ0) is 27.0. The van der Waals surface area contributed by atoms with Crippen molar-refractivity contribution in [2.24, 2.45) is 11.8 Å². The van der Waals surface area contributed by atoms with E-state index < -0.39 is 0 Å². The molecule has 6 nitrogen and oxygen atoms in total. The molecule has 0 fully saturated rings. The Morgan fingerprint density at radius 2 is 0.971 bits per heavy atom. The Kier molecular flexibility index (Phi) is 53.7. The Morgan fingerprint density at radius 3 is 1.17 bits per heavy atom. The van der Waals surface area contributed by atoms with Crippen LogP contribution in [0.25, 0.3) is 0 Å². The summed E-state index contributed by atoms with van der Waals surface area (Å²) in [7, 11) is 0. The number of hydrogen-bond acceptors (Lipinski definition) is 8. The maximum atomic E-state index is 10.8. The fourth-order valence-corrected chi connectivity index (χ4v) is 1.71. The minimum atomic E-state index is -0.233. The van der Waals surface area contributed by atoms with Gasteiger partial charge < -0.3 is 44.2 Å². The second-order valence-corrected chi connectivity index (χ2v) is 8.74. The minimum Gasteiger partial charge on any atom is -0.792 e. The summed E-state index contributed by atoms with van der Waals surface area (Å²) in [6.45, 7) is 19.7. The molecule has 0 saturated heterocycles. The first-order chi connectivity index (χ1) is 16.2. The number of rotatable bonds is 16. The average Bonchev–Trinajstić information content (AvgIpc) is 2.79. The number of hydrogen-bond donors (Lipinski definition) is 0. The van der Waals surface area contributed by atoms with Gasteiger partial charge in [-0.25, -0.2) is 0 Å². The molecule has 9 heteroatoms. The standard InChI is InChI=1S/2C9H18O3S.2C4H9.Sn/c2*1-8(2)7-11-4-5-12-9(10)3-6-13;2*1-3-4-2;/h2*8,13H,3-7H2,1-2H3;2*3H,4H2,1-2H3;/q;;;;+2/p-2. The van der Waals surface area contributed by atoms with E-state index in [-0.39, 0.29) is 35.8 Å². The summed E-state index contributed by atoms with van der Waals surface area (Å²) in [5.41, 5.74) is 0. The third-order valence-electron chi connectivity index (χ3n) is 3.31. The Morgan fingerprint density at radius 1 is 0.686 bits per heavy atom. The molecule has 0 N–H and O–H groups in total. The van der Waals surface area contributed by atoms with E-state index in [4.69, 9.17) is 18.9 Å². The number of ether oxygens (including phenoxy) is 4. The van der Waals surface area contributed by atoms with Gasteiger partial charge in [0.1, 0.15) is 13.2 Å². The van der Waals surface area contributed by atoms with Gasteiger partial charge in [-0.1, -0.05) is 68.2 Å². The Hall–Kier alpha value is 0.359. The molecule has 0 aromatic heterocycles. The van der Waals surface area contributed by atoms with Gasteiger partial charge >= 0.3 is 35.8 Å². The van der Waals surface area contributed by atoms with E-state index in [2.05, 4.69) is 93.5 Å². The van der Waals surface area contributed by atoms with Crippen molar-refractivity contribution >= 4 is 61.1 Å². The van der Waals surface area contributed by atoms with Gasteiger partial charge in [-0.05, 0) is 24.7 Å². The molecule has 0 rings (SSSR count). The molecule has 0 aliphatic carbocycles. The fourth-order valence-electron chi connectivity index (χ4n) is 1.38. The minimum absolute atomic E-state index is 0. The van der Waals surface area contributed by atoms with Crippen molar-refractivity contribution in [1.29, 1.82) is 0 Å². The number of esters is 2. The van der Waals surface area contributed by atoms with Crippen LogP contribution in [0.3, 0.4) is 0 Å². The van der Waals surface area contributed by atoms with Crippen LogP contribution in [0.1, 0.15) is 81.1 Å². The third-order valence-corrected chi connectivity index (χ3v) is 3.72. The van der Waals surface area contributed by atoms with Crippen molar-refractivity contribution in [3.05, 3.63) is 12.8 Å². The van der Waals surface area contributed by atoms with E-state index in [9.17, 15) is 9.59 Å². The maximum Gasteiger partial charge on any atom is 2.00 e. The van der Waals surface area contributed by atoms with Crippen molar-refractivity contribution in [2.45, 2.75) is 81.1 Å². The quantitative estimate of drug-likeness (QED) is 0.0992. The van der Waals surface area contributed by atoms with Crippen molar-refractivity contribution in [3.8, 4) is 0 Å². The molecule has 0 aromatic rings.